The van der Waals surface area contributed by atoms with E-state index in [9.17, 15) is 32.7 Å². The van der Waals surface area contributed by atoms with Gasteiger partial charge in [0.1, 0.15) is 11.6 Å². The summed E-state index contributed by atoms with van der Waals surface area (Å²) in [4.78, 5) is 52.4. The molecule has 0 aromatic carbocycles. The standard InChI is InChI=1S/C29H53N5O7S/c1-7-9-10-11-12-13-15-21-18-29(21,26(37)38)32-25(36)22-16-14-17-34(22)24(35)19-30-27(39)31-23(28(3,4)5)20-33(6)42(40,41)8-2/h21-23H,7-20H2,1-6H3,(H,32,36)(H,37,38)(H2,30,31,39)/t21?,22-,23?,29+/m0/s1. The number of carbonyl (C=O) groups excluding carboxylic acids is 3. The van der Waals surface area contributed by atoms with E-state index in [0.29, 0.717) is 25.8 Å². The van der Waals surface area contributed by atoms with Gasteiger partial charge >= 0.3 is 12.0 Å². The number of nitrogens with one attached hydrogen (secondary N) is 3. The molecule has 1 saturated carbocycles. The smallest absolute Gasteiger partial charge is 0.329 e. The molecule has 0 aromatic rings. The molecular weight excluding hydrogens is 562 g/mol. The fourth-order valence-corrected chi connectivity index (χ4v) is 6.37. The van der Waals surface area contributed by atoms with E-state index in [1.165, 1.54) is 35.5 Å². The van der Waals surface area contributed by atoms with Gasteiger partial charge in [0.15, 0.2) is 0 Å². The first-order chi connectivity index (χ1) is 19.6. The molecule has 2 rings (SSSR count). The van der Waals surface area contributed by atoms with Crippen LogP contribution >= 0.6 is 0 Å². The van der Waals surface area contributed by atoms with Gasteiger partial charge in [-0.15, -0.1) is 0 Å². The molecule has 4 N–H and O–H groups in total. The molecule has 4 amide bonds. The van der Waals surface area contributed by atoms with E-state index in [0.717, 1.165) is 25.7 Å². The van der Waals surface area contributed by atoms with Crippen LogP contribution in [0.5, 0.6) is 0 Å². The van der Waals surface area contributed by atoms with Crippen LogP contribution in [0, 0.1) is 11.3 Å². The lowest BCUT2D eigenvalue weighted by Gasteiger charge is -2.34. The number of aliphatic carboxylic acids is 1. The van der Waals surface area contributed by atoms with Crippen molar-refractivity contribution < 1.29 is 32.7 Å². The van der Waals surface area contributed by atoms with Crippen LogP contribution in [0.25, 0.3) is 0 Å². The minimum absolute atomic E-state index is 0.0565. The summed E-state index contributed by atoms with van der Waals surface area (Å²) in [6.07, 6.45) is 8.84. The molecule has 12 nitrogen and oxygen atoms in total. The minimum Gasteiger partial charge on any atom is -0.479 e. The molecule has 2 unspecified atom stereocenters. The Morgan fingerprint density at radius 3 is 2.31 bits per heavy atom. The minimum atomic E-state index is -3.44. The quantitative estimate of drug-likeness (QED) is 0.183. The average Bonchev–Trinajstić information content (AvgIpc) is 3.38. The second kappa shape index (κ2) is 15.4. The predicted molar refractivity (Wildman–Crippen MR) is 161 cm³/mol. The van der Waals surface area contributed by atoms with E-state index in [1.54, 1.807) is 6.92 Å². The number of likely N-dealkylation sites (N-methyl/N-ethyl adjacent to an activating group) is 1. The number of nitrogens with zero attached hydrogens (tertiary/aromatic N) is 2. The molecular formula is C29H53N5O7S. The van der Waals surface area contributed by atoms with E-state index in [4.69, 9.17) is 0 Å². The number of carboxylic acid groups (broad SMARTS) is 1. The van der Waals surface area contributed by atoms with Crippen LogP contribution < -0.4 is 16.0 Å². The van der Waals surface area contributed by atoms with Crippen molar-refractivity contribution >= 4 is 33.8 Å². The molecule has 1 aliphatic carbocycles. The number of hydrogen-bond acceptors (Lipinski definition) is 6. The second-order valence-electron chi connectivity index (χ2n) is 12.9. The summed E-state index contributed by atoms with van der Waals surface area (Å²) in [6, 6.07) is -1.94. The van der Waals surface area contributed by atoms with Crippen molar-refractivity contribution in [2.45, 2.75) is 116 Å². The fraction of sp³-hybridized carbons (Fsp3) is 0.862. The van der Waals surface area contributed by atoms with Crippen molar-refractivity contribution in [3.05, 3.63) is 0 Å². The Bertz CT molecular complexity index is 1060. The highest BCUT2D eigenvalue weighted by Crippen LogP contribution is 2.47. The van der Waals surface area contributed by atoms with Crippen molar-refractivity contribution in [2.75, 3.05) is 32.4 Å². The normalized spacial score (nSPS) is 23.0. The van der Waals surface area contributed by atoms with Gasteiger partial charge in [-0.05, 0) is 43.9 Å². The Labute approximate surface area is 251 Å². The lowest BCUT2D eigenvalue weighted by atomic mass is 9.87. The van der Waals surface area contributed by atoms with E-state index >= 15 is 0 Å². The number of amides is 4. The monoisotopic (exact) mass is 615 g/mol. The lowest BCUT2D eigenvalue weighted by molar-refractivity contribution is -0.145. The zero-order valence-electron chi connectivity index (χ0n) is 26.3. The summed E-state index contributed by atoms with van der Waals surface area (Å²) < 4.78 is 25.6. The third-order valence-electron chi connectivity index (χ3n) is 8.65. The number of hydrogen-bond donors (Lipinski definition) is 4. The van der Waals surface area contributed by atoms with Gasteiger partial charge in [0.25, 0.3) is 0 Å². The number of carboxylic acids is 1. The Hall–Kier alpha value is -2.41. The second-order valence-corrected chi connectivity index (χ2v) is 15.3. The van der Waals surface area contributed by atoms with Gasteiger partial charge in [-0.25, -0.2) is 22.3 Å². The third-order valence-corrected chi connectivity index (χ3v) is 10.5. The SMILES string of the molecule is CCCCCCCCC1C[C@]1(NC(=O)[C@@H]1CCCN1C(=O)CNC(=O)NC(CN(C)S(=O)(=O)CC)C(C)(C)C)C(=O)O. The fourth-order valence-electron chi connectivity index (χ4n) is 5.55. The summed E-state index contributed by atoms with van der Waals surface area (Å²) >= 11 is 0. The molecule has 42 heavy (non-hydrogen) atoms. The molecule has 1 heterocycles. The number of sulfonamides is 1. The van der Waals surface area contributed by atoms with Crippen molar-refractivity contribution in [1.29, 1.82) is 0 Å². The van der Waals surface area contributed by atoms with Crippen LogP contribution in [0.15, 0.2) is 0 Å². The summed E-state index contributed by atoms with van der Waals surface area (Å²) in [5.41, 5.74) is -1.73. The van der Waals surface area contributed by atoms with Crippen molar-refractivity contribution in [1.82, 2.24) is 25.2 Å². The van der Waals surface area contributed by atoms with E-state index < -0.39 is 56.9 Å². The number of urea groups is 1. The van der Waals surface area contributed by atoms with Gasteiger partial charge in [-0.2, -0.15) is 0 Å². The molecule has 1 aliphatic heterocycles. The largest absolute Gasteiger partial charge is 0.479 e. The van der Waals surface area contributed by atoms with Gasteiger partial charge < -0.3 is 26.0 Å². The Balaban J connectivity index is 1.90. The maximum Gasteiger partial charge on any atom is 0.329 e. The van der Waals surface area contributed by atoms with Gasteiger partial charge in [0.2, 0.25) is 21.8 Å². The Kier molecular flexibility index (Phi) is 13.1. The molecule has 0 radical (unpaired) electrons. The van der Waals surface area contributed by atoms with Crippen LogP contribution in [-0.2, 0) is 24.4 Å². The van der Waals surface area contributed by atoms with Crippen LogP contribution in [0.4, 0.5) is 4.79 Å². The molecule has 2 aliphatic rings. The highest BCUT2D eigenvalue weighted by atomic mass is 32.2. The van der Waals surface area contributed by atoms with Crippen LogP contribution in [0.3, 0.4) is 0 Å². The zero-order chi connectivity index (χ0) is 31.7. The summed E-state index contributed by atoms with van der Waals surface area (Å²) in [5, 5.41) is 18.0. The maximum atomic E-state index is 13.2. The van der Waals surface area contributed by atoms with Crippen LogP contribution in [0.2, 0.25) is 0 Å². The van der Waals surface area contributed by atoms with Crippen molar-refractivity contribution in [3.8, 4) is 0 Å². The first kappa shape index (κ1) is 35.8. The molecule has 0 aromatic heterocycles. The molecule has 242 valence electrons. The van der Waals surface area contributed by atoms with Crippen LogP contribution in [-0.4, -0.2) is 96.6 Å². The molecule has 0 spiro atoms. The van der Waals surface area contributed by atoms with Gasteiger partial charge in [0.05, 0.1) is 12.3 Å². The molecule has 1 saturated heterocycles. The summed E-state index contributed by atoms with van der Waals surface area (Å²) in [6.45, 7) is 9.42. The Morgan fingerprint density at radius 1 is 1.07 bits per heavy atom. The van der Waals surface area contributed by atoms with Gasteiger partial charge in [-0.1, -0.05) is 66.2 Å². The van der Waals surface area contributed by atoms with E-state index in [2.05, 4.69) is 22.9 Å². The Morgan fingerprint density at radius 2 is 1.71 bits per heavy atom. The number of rotatable bonds is 17. The highest BCUT2D eigenvalue weighted by Gasteiger charge is 2.61. The average molecular weight is 616 g/mol. The zero-order valence-corrected chi connectivity index (χ0v) is 27.1. The van der Waals surface area contributed by atoms with Crippen molar-refractivity contribution in [2.24, 2.45) is 11.3 Å². The maximum absolute atomic E-state index is 13.2. The predicted octanol–water partition coefficient (Wildman–Crippen LogP) is 2.68. The van der Waals surface area contributed by atoms with Crippen LogP contribution in [0.1, 0.15) is 98.8 Å². The molecule has 2 fully saturated rings. The summed E-state index contributed by atoms with van der Waals surface area (Å²) in [7, 11) is -1.98. The first-order valence-electron chi connectivity index (χ1n) is 15.4. The van der Waals surface area contributed by atoms with Crippen molar-refractivity contribution in [3.63, 3.8) is 0 Å². The summed E-state index contributed by atoms with van der Waals surface area (Å²) in [5.74, 6) is -2.11. The number of likely N-dealkylation sites (tertiary alicyclic amines) is 1. The first-order valence-corrected chi connectivity index (χ1v) is 17.0. The molecule has 0 bridgehead atoms. The number of unbranched alkanes of at least 4 members (excludes halogenated alkanes) is 5. The van der Waals surface area contributed by atoms with Gasteiger partial charge in [0, 0.05) is 26.2 Å². The highest BCUT2D eigenvalue weighted by molar-refractivity contribution is 7.89. The molecule has 13 heteroatoms. The van der Waals surface area contributed by atoms with Gasteiger partial charge in [-0.3, -0.25) is 9.59 Å². The topological polar surface area (TPSA) is 165 Å². The lowest BCUT2D eigenvalue weighted by Crippen LogP contribution is -2.56. The van der Waals surface area contributed by atoms with E-state index in [-0.39, 0.29) is 24.8 Å². The molecule has 4 atom stereocenters. The number of carbonyl (C=O) groups is 4. The third kappa shape index (κ3) is 9.82. The van der Waals surface area contributed by atoms with E-state index in [1.807, 2.05) is 20.8 Å².